The van der Waals surface area contributed by atoms with Gasteiger partial charge in [0.2, 0.25) is 5.91 Å². The molecular formula is C20H18N2O2. The minimum atomic E-state index is 0.0296. The van der Waals surface area contributed by atoms with Gasteiger partial charge in [-0.2, -0.15) is 0 Å². The highest BCUT2D eigenvalue weighted by molar-refractivity contribution is 6.11. The van der Waals surface area contributed by atoms with Crippen LogP contribution in [0.15, 0.2) is 48.5 Å². The lowest BCUT2D eigenvalue weighted by Gasteiger charge is -2.40. The average Bonchev–Trinajstić information content (AvgIpc) is 3.17. The molecule has 5 rings (SSSR count). The molecule has 2 atom stereocenters. The summed E-state index contributed by atoms with van der Waals surface area (Å²) in [6, 6.07) is 16.0. The van der Waals surface area contributed by atoms with Crippen LogP contribution in [0.2, 0.25) is 0 Å². The Kier molecular flexibility index (Phi) is 2.84. The number of carbonyl (C=O) groups is 2. The smallest absolute Gasteiger partial charge is 0.259 e. The third kappa shape index (κ3) is 1.74. The number of hydrogen-bond acceptors (Lipinski definition) is 2. The van der Waals surface area contributed by atoms with Crippen molar-refractivity contribution >= 4 is 17.5 Å². The Hall–Kier alpha value is -2.62. The summed E-state index contributed by atoms with van der Waals surface area (Å²) >= 11 is 0. The summed E-state index contributed by atoms with van der Waals surface area (Å²) in [4.78, 5) is 29.2. The minimum absolute atomic E-state index is 0.0296. The van der Waals surface area contributed by atoms with E-state index in [1.807, 2.05) is 46.2 Å². The molecule has 0 bridgehead atoms. The van der Waals surface area contributed by atoms with Crippen molar-refractivity contribution in [1.82, 2.24) is 4.90 Å². The molecule has 120 valence electrons. The second-order valence-electron chi connectivity index (χ2n) is 6.78. The molecule has 24 heavy (non-hydrogen) atoms. The van der Waals surface area contributed by atoms with Crippen molar-refractivity contribution in [2.75, 3.05) is 11.4 Å². The van der Waals surface area contributed by atoms with E-state index >= 15 is 0 Å². The monoisotopic (exact) mass is 318 g/mol. The first-order chi connectivity index (χ1) is 11.8. The van der Waals surface area contributed by atoms with Crippen molar-refractivity contribution in [1.29, 1.82) is 0 Å². The van der Waals surface area contributed by atoms with E-state index in [-0.39, 0.29) is 23.9 Å². The fourth-order valence-electron chi connectivity index (χ4n) is 4.52. The number of likely N-dealkylation sites (tertiary alicyclic amines) is 1. The summed E-state index contributed by atoms with van der Waals surface area (Å²) in [5, 5.41) is 0. The molecule has 0 spiro atoms. The van der Waals surface area contributed by atoms with Gasteiger partial charge in [-0.3, -0.25) is 9.59 Å². The minimum Gasteiger partial charge on any atom is -0.335 e. The lowest BCUT2D eigenvalue weighted by Crippen LogP contribution is -2.40. The Morgan fingerprint density at radius 2 is 1.62 bits per heavy atom. The number of anilines is 1. The van der Waals surface area contributed by atoms with Crippen molar-refractivity contribution in [3.63, 3.8) is 0 Å². The molecule has 2 unspecified atom stereocenters. The molecule has 2 aromatic carbocycles. The van der Waals surface area contributed by atoms with Crippen LogP contribution in [0.3, 0.4) is 0 Å². The Bertz CT molecular complexity index is 860. The summed E-state index contributed by atoms with van der Waals surface area (Å²) in [6.45, 7) is 0.820. The molecule has 0 radical (unpaired) electrons. The topological polar surface area (TPSA) is 40.6 Å². The Morgan fingerprint density at radius 1 is 0.875 bits per heavy atom. The number of rotatable bonds is 1. The van der Waals surface area contributed by atoms with Gasteiger partial charge in [0.25, 0.3) is 5.91 Å². The molecule has 1 saturated heterocycles. The highest BCUT2D eigenvalue weighted by atomic mass is 16.2. The van der Waals surface area contributed by atoms with Crippen LogP contribution >= 0.6 is 0 Å². The van der Waals surface area contributed by atoms with Gasteiger partial charge in [-0.25, -0.2) is 0 Å². The number of nitrogens with zero attached hydrogens (tertiary/aromatic N) is 2. The molecule has 2 aromatic rings. The van der Waals surface area contributed by atoms with Crippen LogP contribution in [0.1, 0.15) is 52.8 Å². The van der Waals surface area contributed by atoms with Crippen molar-refractivity contribution in [2.45, 2.75) is 31.3 Å². The summed E-state index contributed by atoms with van der Waals surface area (Å²) in [7, 11) is 0. The molecule has 3 aliphatic rings. The van der Waals surface area contributed by atoms with E-state index in [2.05, 4.69) is 12.1 Å². The summed E-state index contributed by atoms with van der Waals surface area (Å²) in [6.07, 6.45) is 2.36. The van der Waals surface area contributed by atoms with Crippen LogP contribution in [0.25, 0.3) is 0 Å². The van der Waals surface area contributed by atoms with Crippen LogP contribution in [-0.2, 0) is 4.79 Å². The first-order valence-electron chi connectivity index (χ1n) is 8.56. The third-order valence-corrected chi connectivity index (χ3v) is 5.57. The van der Waals surface area contributed by atoms with Crippen LogP contribution < -0.4 is 4.90 Å². The number of hydrogen-bond donors (Lipinski definition) is 0. The number of carbonyl (C=O) groups excluding carboxylic acids is 2. The van der Waals surface area contributed by atoms with E-state index in [4.69, 9.17) is 0 Å². The lowest BCUT2D eigenvalue weighted by atomic mass is 9.88. The largest absolute Gasteiger partial charge is 0.335 e. The van der Waals surface area contributed by atoms with E-state index in [9.17, 15) is 9.59 Å². The molecule has 1 fully saturated rings. The Morgan fingerprint density at radius 3 is 2.42 bits per heavy atom. The fourth-order valence-corrected chi connectivity index (χ4v) is 4.52. The molecule has 4 heteroatoms. The van der Waals surface area contributed by atoms with Crippen molar-refractivity contribution in [3.8, 4) is 0 Å². The number of amides is 2. The van der Waals surface area contributed by atoms with Crippen LogP contribution in [0.4, 0.5) is 5.69 Å². The van der Waals surface area contributed by atoms with Gasteiger partial charge in [-0.15, -0.1) is 0 Å². The maximum atomic E-state index is 12.9. The van der Waals surface area contributed by atoms with E-state index in [0.29, 0.717) is 6.42 Å². The summed E-state index contributed by atoms with van der Waals surface area (Å²) in [5.74, 6) is 0.315. The molecule has 3 heterocycles. The van der Waals surface area contributed by atoms with Crippen LogP contribution in [0.5, 0.6) is 0 Å². The maximum absolute atomic E-state index is 12.9. The zero-order valence-corrected chi connectivity index (χ0v) is 13.3. The molecule has 3 aliphatic heterocycles. The molecule has 0 saturated carbocycles. The molecule has 2 amide bonds. The first kappa shape index (κ1) is 13.8. The maximum Gasteiger partial charge on any atom is 0.259 e. The van der Waals surface area contributed by atoms with Crippen LogP contribution in [0, 0.1) is 0 Å². The molecule has 0 aliphatic carbocycles. The molecule has 0 aromatic heterocycles. The number of benzene rings is 2. The predicted octanol–water partition coefficient (Wildman–Crippen LogP) is 3.46. The molecule has 4 nitrogen and oxygen atoms in total. The highest BCUT2D eigenvalue weighted by Gasteiger charge is 2.45. The van der Waals surface area contributed by atoms with E-state index in [1.165, 1.54) is 0 Å². The van der Waals surface area contributed by atoms with Gasteiger partial charge in [0.1, 0.15) is 0 Å². The van der Waals surface area contributed by atoms with Gasteiger partial charge in [0.15, 0.2) is 0 Å². The fraction of sp³-hybridized carbons (Fsp3) is 0.300. The lowest BCUT2D eigenvalue weighted by molar-refractivity contribution is -0.130. The zero-order chi connectivity index (χ0) is 16.3. The number of fused-ring (bicyclic) bond motifs is 5. The van der Waals surface area contributed by atoms with E-state index in [1.54, 1.807) is 0 Å². The van der Waals surface area contributed by atoms with Gasteiger partial charge >= 0.3 is 0 Å². The SMILES string of the molecule is O=C1CCCN1C1CC2c3ccccc3C(=O)N2c2ccccc21. The van der Waals surface area contributed by atoms with E-state index in [0.717, 1.165) is 41.8 Å². The van der Waals surface area contributed by atoms with Gasteiger partial charge in [0, 0.05) is 24.2 Å². The predicted molar refractivity (Wildman–Crippen MR) is 90.7 cm³/mol. The van der Waals surface area contributed by atoms with Crippen LogP contribution in [-0.4, -0.2) is 23.3 Å². The highest BCUT2D eigenvalue weighted by Crippen LogP contribution is 2.50. The molecule has 0 N–H and O–H groups in total. The normalized spacial score (nSPS) is 24.8. The first-order valence-corrected chi connectivity index (χ1v) is 8.56. The standard InChI is InChI=1S/C20H18N2O2/c23-19-10-5-11-21(19)17-12-18-13-6-1-2-7-14(13)20(24)22(18)16-9-4-3-8-15(16)17/h1-4,6-9,17-18H,5,10-12H2. The van der Waals surface area contributed by atoms with Crippen molar-refractivity contribution in [2.24, 2.45) is 0 Å². The van der Waals surface area contributed by atoms with Crippen molar-refractivity contribution in [3.05, 3.63) is 65.2 Å². The number of para-hydroxylation sites is 1. The van der Waals surface area contributed by atoms with Gasteiger partial charge in [-0.05, 0) is 36.1 Å². The summed E-state index contributed by atoms with van der Waals surface area (Å²) in [5.41, 5.74) is 3.95. The second-order valence-corrected chi connectivity index (χ2v) is 6.78. The zero-order valence-electron chi connectivity index (χ0n) is 13.3. The molecular weight excluding hydrogens is 300 g/mol. The van der Waals surface area contributed by atoms with Gasteiger partial charge in [-0.1, -0.05) is 36.4 Å². The second kappa shape index (κ2) is 4.94. The van der Waals surface area contributed by atoms with E-state index < -0.39 is 0 Å². The average molecular weight is 318 g/mol. The third-order valence-electron chi connectivity index (χ3n) is 5.57. The van der Waals surface area contributed by atoms with Gasteiger partial charge < -0.3 is 9.80 Å². The van der Waals surface area contributed by atoms with Crippen molar-refractivity contribution < 1.29 is 9.59 Å². The summed E-state index contributed by atoms with van der Waals surface area (Å²) < 4.78 is 0. The quantitative estimate of drug-likeness (QED) is 0.808. The van der Waals surface area contributed by atoms with Gasteiger partial charge in [0.05, 0.1) is 12.1 Å². The Balaban J connectivity index is 1.67. The Labute approximate surface area is 140 Å².